The monoisotopic (exact) mass is 216 g/mol. The molecule has 0 aliphatic carbocycles. The molecule has 0 bridgehead atoms. The van der Waals surface area contributed by atoms with Gasteiger partial charge >= 0.3 is 12.6 Å². The number of carbonyl (C=O) groups excluding carboxylic acids is 1. The lowest BCUT2D eigenvalue weighted by atomic mass is 10.0. The first kappa shape index (κ1) is 11.6. The van der Waals surface area contributed by atoms with Gasteiger partial charge in [0.05, 0.1) is 5.56 Å². The van der Waals surface area contributed by atoms with Crippen molar-refractivity contribution in [3.05, 3.63) is 35.4 Å². The molecular weight excluding hydrogens is 207 g/mol. The Labute approximate surface area is 85.1 Å². The van der Waals surface area contributed by atoms with Gasteiger partial charge in [0.2, 0.25) is 0 Å². The largest absolute Gasteiger partial charge is 0.416 e. The van der Waals surface area contributed by atoms with E-state index in [0.717, 1.165) is 6.07 Å². The number of rotatable bonds is 4. The lowest BCUT2D eigenvalue weighted by Crippen LogP contribution is -2.17. The van der Waals surface area contributed by atoms with Crippen LogP contribution in [-0.2, 0) is 17.4 Å². The number of amides is 1. The van der Waals surface area contributed by atoms with Gasteiger partial charge in [-0.25, -0.2) is 0 Å². The van der Waals surface area contributed by atoms with Crippen molar-refractivity contribution in [3.8, 4) is 0 Å². The minimum atomic E-state index is -4.35. The second kappa shape index (κ2) is 4.82. The van der Waals surface area contributed by atoms with Crippen molar-refractivity contribution >= 4 is 6.41 Å². The van der Waals surface area contributed by atoms with Crippen LogP contribution in [0.2, 0.25) is 0 Å². The van der Waals surface area contributed by atoms with Gasteiger partial charge < -0.3 is 5.32 Å². The Morgan fingerprint density at radius 2 is 1.93 bits per heavy atom. The zero-order valence-electron chi connectivity index (χ0n) is 7.77. The molecular formula is C10H9F3NO. The molecule has 1 radical (unpaired) electrons. The molecule has 1 aromatic rings. The summed E-state index contributed by atoms with van der Waals surface area (Å²) in [5, 5.41) is 2.20. The van der Waals surface area contributed by atoms with Gasteiger partial charge in [-0.05, 0) is 18.1 Å². The van der Waals surface area contributed by atoms with Gasteiger partial charge in [-0.2, -0.15) is 13.2 Å². The van der Waals surface area contributed by atoms with Crippen LogP contribution in [0, 0.1) is 0 Å². The predicted octanol–water partition coefficient (Wildman–Crippen LogP) is 1.90. The van der Waals surface area contributed by atoms with E-state index >= 15 is 0 Å². The number of nitrogens with one attached hydrogen (secondary N) is 1. The molecule has 0 saturated heterocycles. The van der Waals surface area contributed by atoms with Crippen LogP contribution in [-0.4, -0.2) is 13.0 Å². The highest BCUT2D eigenvalue weighted by molar-refractivity contribution is 5.47. The maximum atomic E-state index is 12.5. The molecule has 0 aromatic heterocycles. The van der Waals surface area contributed by atoms with E-state index in [-0.39, 0.29) is 18.5 Å². The van der Waals surface area contributed by atoms with Crippen molar-refractivity contribution in [1.82, 2.24) is 5.32 Å². The summed E-state index contributed by atoms with van der Waals surface area (Å²) in [5.74, 6) is 0. The van der Waals surface area contributed by atoms with Gasteiger partial charge in [-0.15, -0.1) is 0 Å². The molecule has 0 atom stereocenters. The van der Waals surface area contributed by atoms with Crippen molar-refractivity contribution in [1.29, 1.82) is 0 Å². The molecule has 5 heteroatoms. The minimum Gasteiger partial charge on any atom is -0.348 e. The first-order valence-corrected chi connectivity index (χ1v) is 4.31. The average Bonchev–Trinajstić information content (AvgIpc) is 2.17. The van der Waals surface area contributed by atoms with Crippen LogP contribution in [0.15, 0.2) is 24.3 Å². The number of hydrogen-bond acceptors (Lipinski definition) is 1. The van der Waals surface area contributed by atoms with E-state index in [1.165, 1.54) is 24.6 Å². The molecule has 1 N–H and O–H groups in total. The maximum absolute atomic E-state index is 12.5. The van der Waals surface area contributed by atoms with Crippen molar-refractivity contribution < 1.29 is 18.0 Å². The third kappa shape index (κ3) is 3.27. The normalized spacial score (nSPS) is 11.1. The minimum absolute atomic E-state index is 0.144. The highest BCUT2D eigenvalue weighted by Gasteiger charge is 2.32. The summed E-state index contributed by atoms with van der Waals surface area (Å²) in [4.78, 5) is 9.82. The molecule has 2 nitrogen and oxygen atoms in total. The molecule has 0 aliphatic heterocycles. The molecule has 0 heterocycles. The van der Waals surface area contributed by atoms with Gasteiger partial charge in [0.1, 0.15) is 0 Å². The van der Waals surface area contributed by atoms with Crippen LogP contribution >= 0.6 is 0 Å². The maximum Gasteiger partial charge on any atom is 0.416 e. The molecule has 0 unspecified atom stereocenters. The van der Waals surface area contributed by atoms with Crippen LogP contribution in [0.4, 0.5) is 13.2 Å². The summed E-state index contributed by atoms with van der Waals surface area (Å²) < 4.78 is 37.4. The predicted molar refractivity (Wildman–Crippen MR) is 48.8 cm³/mol. The van der Waals surface area contributed by atoms with E-state index in [2.05, 4.69) is 5.32 Å². The summed E-state index contributed by atoms with van der Waals surface area (Å²) in [6, 6.07) is 5.30. The second-order valence-corrected chi connectivity index (χ2v) is 2.93. The first-order valence-electron chi connectivity index (χ1n) is 4.31. The van der Waals surface area contributed by atoms with E-state index in [4.69, 9.17) is 0 Å². The van der Waals surface area contributed by atoms with E-state index < -0.39 is 11.7 Å². The zero-order valence-corrected chi connectivity index (χ0v) is 7.77. The van der Waals surface area contributed by atoms with Crippen LogP contribution in [0.25, 0.3) is 0 Å². The number of benzene rings is 1. The first-order chi connectivity index (χ1) is 7.05. The second-order valence-electron chi connectivity index (χ2n) is 2.93. The molecule has 0 spiro atoms. The van der Waals surface area contributed by atoms with Crippen LogP contribution < -0.4 is 5.32 Å². The quantitative estimate of drug-likeness (QED) is 0.604. The highest BCUT2D eigenvalue weighted by atomic mass is 19.4. The Morgan fingerprint density at radius 3 is 2.53 bits per heavy atom. The van der Waals surface area contributed by atoms with Gasteiger partial charge in [0.25, 0.3) is 0 Å². The van der Waals surface area contributed by atoms with Gasteiger partial charge in [0, 0.05) is 6.54 Å². The fraction of sp³-hybridized carbons (Fsp3) is 0.300. The Kier molecular flexibility index (Phi) is 3.71. The molecule has 0 fully saturated rings. The standard InChI is InChI=1S/C10H9F3NO/c11-10(12,13)9-4-2-1-3-8(9)5-6-14-7-15/h1-4H,5-6H2,(H,14,15). The summed E-state index contributed by atoms with van der Waals surface area (Å²) in [5.41, 5.74) is -0.481. The molecule has 1 amide bonds. The van der Waals surface area contributed by atoms with Crippen LogP contribution in [0.5, 0.6) is 0 Å². The zero-order chi connectivity index (χ0) is 11.3. The Hall–Kier alpha value is -1.52. The van der Waals surface area contributed by atoms with E-state index in [0.29, 0.717) is 0 Å². The Morgan fingerprint density at radius 1 is 1.27 bits per heavy atom. The molecule has 15 heavy (non-hydrogen) atoms. The third-order valence-corrected chi connectivity index (χ3v) is 1.91. The molecule has 1 aromatic carbocycles. The number of alkyl halides is 3. The van der Waals surface area contributed by atoms with Crippen LogP contribution in [0.1, 0.15) is 11.1 Å². The van der Waals surface area contributed by atoms with E-state index in [1.807, 2.05) is 0 Å². The highest BCUT2D eigenvalue weighted by Crippen LogP contribution is 2.31. The summed E-state index contributed by atoms with van der Waals surface area (Å²) >= 11 is 0. The topological polar surface area (TPSA) is 29.1 Å². The molecule has 1 rings (SSSR count). The summed E-state index contributed by atoms with van der Waals surface area (Å²) in [6.07, 6.45) is -2.79. The number of halogens is 3. The Bertz CT molecular complexity index is 336. The fourth-order valence-electron chi connectivity index (χ4n) is 1.26. The van der Waals surface area contributed by atoms with E-state index in [1.54, 1.807) is 0 Å². The Balaban J connectivity index is 2.82. The van der Waals surface area contributed by atoms with E-state index in [9.17, 15) is 18.0 Å². The van der Waals surface area contributed by atoms with Crippen molar-refractivity contribution in [2.75, 3.05) is 6.54 Å². The lowest BCUT2D eigenvalue weighted by Gasteiger charge is -2.11. The summed E-state index contributed by atoms with van der Waals surface area (Å²) in [7, 11) is 0. The van der Waals surface area contributed by atoms with Gasteiger partial charge in [-0.3, -0.25) is 4.79 Å². The summed E-state index contributed by atoms with van der Waals surface area (Å²) in [6.45, 7) is 0.149. The fourth-order valence-corrected chi connectivity index (χ4v) is 1.26. The van der Waals surface area contributed by atoms with Crippen molar-refractivity contribution in [2.24, 2.45) is 0 Å². The molecule has 0 aliphatic rings. The smallest absolute Gasteiger partial charge is 0.348 e. The SMILES string of the molecule is O=[C]NCCc1ccccc1C(F)(F)F. The molecule has 81 valence electrons. The van der Waals surface area contributed by atoms with Crippen molar-refractivity contribution in [3.63, 3.8) is 0 Å². The molecule has 0 saturated carbocycles. The number of hydrogen-bond donors (Lipinski definition) is 1. The third-order valence-electron chi connectivity index (χ3n) is 1.91. The van der Waals surface area contributed by atoms with Gasteiger partial charge in [0.15, 0.2) is 0 Å². The average molecular weight is 216 g/mol. The van der Waals surface area contributed by atoms with Crippen LogP contribution in [0.3, 0.4) is 0 Å². The lowest BCUT2D eigenvalue weighted by molar-refractivity contribution is -0.138. The van der Waals surface area contributed by atoms with Crippen molar-refractivity contribution in [2.45, 2.75) is 12.6 Å². The van der Waals surface area contributed by atoms with Gasteiger partial charge in [-0.1, -0.05) is 18.2 Å².